The Labute approximate surface area is 148 Å². The molecule has 0 unspecified atom stereocenters. The first-order valence-corrected chi connectivity index (χ1v) is 8.43. The zero-order chi connectivity index (χ0) is 18.4. The number of rotatable bonds is 6. The van der Waals surface area contributed by atoms with Crippen molar-refractivity contribution in [1.29, 1.82) is 0 Å². The minimum Gasteiger partial charge on any atom is -0.452 e. The van der Waals surface area contributed by atoms with Gasteiger partial charge in [-0.2, -0.15) is 0 Å². The molecule has 2 aromatic carbocycles. The summed E-state index contributed by atoms with van der Waals surface area (Å²) in [4.78, 5) is 25.0. The summed E-state index contributed by atoms with van der Waals surface area (Å²) in [6, 6.07) is 12.0. The molecule has 0 bridgehead atoms. The number of benzene rings is 2. The second kappa shape index (κ2) is 8.62. The summed E-state index contributed by atoms with van der Waals surface area (Å²) < 4.78 is 31.7. The molecule has 0 saturated carbocycles. The molecule has 0 aliphatic heterocycles. The van der Waals surface area contributed by atoms with Crippen LogP contribution in [0.5, 0.6) is 0 Å². The molecule has 0 aliphatic carbocycles. The molecular formula is C18H17F2NO3S. The highest BCUT2D eigenvalue weighted by atomic mass is 32.2. The molecule has 2 rings (SSSR count). The summed E-state index contributed by atoms with van der Waals surface area (Å²) in [7, 11) is 0. The van der Waals surface area contributed by atoms with Gasteiger partial charge in [0.15, 0.2) is 6.10 Å². The lowest BCUT2D eigenvalue weighted by atomic mass is 10.2. The van der Waals surface area contributed by atoms with Crippen LogP contribution < -0.4 is 5.32 Å². The standard InChI is InChI=1S/C18H17F2NO3S/c1-11(17(22)21-16-10-13(19)8-9-15(16)20)24-18(23)12(2)25-14-6-4-3-5-7-14/h3-12H,1-2H3,(H,21,22)/t11-,12-/m1/s1. The number of anilines is 1. The molecule has 0 radical (unpaired) electrons. The van der Waals surface area contributed by atoms with E-state index in [1.54, 1.807) is 6.92 Å². The molecule has 7 heteroatoms. The molecule has 1 N–H and O–H groups in total. The van der Waals surface area contributed by atoms with E-state index in [4.69, 9.17) is 4.74 Å². The van der Waals surface area contributed by atoms with Crippen LogP contribution in [0.4, 0.5) is 14.5 Å². The van der Waals surface area contributed by atoms with E-state index < -0.39 is 34.9 Å². The van der Waals surface area contributed by atoms with E-state index in [2.05, 4.69) is 5.32 Å². The van der Waals surface area contributed by atoms with Gasteiger partial charge in [0.1, 0.15) is 16.9 Å². The summed E-state index contributed by atoms with van der Waals surface area (Å²) in [5.74, 6) is -2.78. The van der Waals surface area contributed by atoms with E-state index in [0.29, 0.717) is 0 Å². The van der Waals surface area contributed by atoms with Gasteiger partial charge in [0.05, 0.1) is 5.69 Å². The monoisotopic (exact) mass is 365 g/mol. The molecule has 0 fully saturated rings. The number of halogens is 2. The van der Waals surface area contributed by atoms with Crippen molar-refractivity contribution in [2.24, 2.45) is 0 Å². The Morgan fingerprint density at radius 3 is 2.44 bits per heavy atom. The van der Waals surface area contributed by atoms with Gasteiger partial charge < -0.3 is 10.1 Å². The summed E-state index contributed by atoms with van der Waals surface area (Å²) in [6.07, 6.45) is -1.14. The highest BCUT2D eigenvalue weighted by Gasteiger charge is 2.23. The van der Waals surface area contributed by atoms with Crippen LogP contribution in [0.15, 0.2) is 53.4 Å². The van der Waals surface area contributed by atoms with E-state index in [9.17, 15) is 18.4 Å². The maximum absolute atomic E-state index is 13.5. The third-order valence-electron chi connectivity index (χ3n) is 3.24. The van der Waals surface area contributed by atoms with Crippen molar-refractivity contribution >= 4 is 29.3 Å². The Kier molecular flexibility index (Phi) is 6.52. The number of esters is 1. The van der Waals surface area contributed by atoms with E-state index in [1.807, 2.05) is 30.3 Å². The van der Waals surface area contributed by atoms with Gasteiger partial charge in [0.2, 0.25) is 0 Å². The number of thioether (sulfide) groups is 1. The molecular weight excluding hydrogens is 348 g/mol. The van der Waals surface area contributed by atoms with Gasteiger partial charge in [-0.1, -0.05) is 18.2 Å². The minimum atomic E-state index is -1.14. The van der Waals surface area contributed by atoms with Crippen molar-refractivity contribution in [3.63, 3.8) is 0 Å². The largest absolute Gasteiger partial charge is 0.452 e. The average Bonchev–Trinajstić information content (AvgIpc) is 2.58. The van der Waals surface area contributed by atoms with Crippen LogP contribution in [0, 0.1) is 11.6 Å². The fraction of sp³-hybridized carbons (Fsp3) is 0.222. The molecule has 1 amide bonds. The third kappa shape index (κ3) is 5.56. The zero-order valence-corrected chi connectivity index (χ0v) is 14.5. The van der Waals surface area contributed by atoms with Crippen LogP contribution in [0.1, 0.15) is 13.8 Å². The van der Waals surface area contributed by atoms with Gasteiger partial charge in [-0.05, 0) is 38.1 Å². The van der Waals surface area contributed by atoms with E-state index in [-0.39, 0.29) is 5.69 Å². The molecule has 2 aromatic rings. The van der Waals surface area contributed by atoms with Crippen molar-refractivity contribution < 1.29 is 23.1 Å². The van der Waals surface area contributed by atoms with Gasteiger partial charge in [0, 0.05) is 11.0 Å². The van der Waals surface area contributed by atoms with E-state index >= 15 is 0 Å². The molecule has 4 nitrogen and oxygen atoms in total. The lowest BCUT2D eigenvalue weighted by Gasteiger charge is -2.16. The third-order valence-corrected chi connectivity index (χ3v) is 4.33. The first kappa shape index (κ1) is 18.9. The van der Waals surface area contributed by atoms with Crippen molar-refractivity contribution in [3.8, 4) is 0 Å². The molecule has 0 aliphatic rings. The number of carbonyl (C=O) groups is 2. The number of nitrogens with one attached hydrogen (secondary N) is 1. The number of amides is 1. The molecule has 0 saturated heterocycles. The fourth-order valence-corrected chi connectivity index (χ4v) is 2.78. The Balaban J connectivity index is 1.91. The molecule has 0 aromatic heterocycles. The lowest BCUT2D eigenvalue weighted by Crippen LogP contribution is -2.32. The summed E-state index contributed by atoms with van der Waals surface area (Å²) in [5, 5.41) is 1.68. The summed E-state index contributed by atoms with van der Waals surface area (Å²) in [6.45, 7) is 3.03. The lowest BCUT2D eigenvalue weighted by molar-refractivity contribution is -0.152. The smallest absolute Gasteiger partial charge is 0.319 e. The SMILES string of the molecule is C[C@@H](OC(=O)[C@@H](C)Sc1ccccc1)C(=O)Nc1cc(F)ccc1F. The van der Waals surface area contributed by atoms with Crippen LogP contribution in [0.3, 0.4) is 0 Å². The molecule has 132 valence electrons. The minimum absolute atomic E-state index is 0.306. The van der Waals surface area contributed by atoms with Gasteiger partial charge >= 0.3 is 5.97 Å². The maximum Gasteiger partial charge on any atom is 0.319 e. The number of hydrogen-bond acceptors (Lipinski definition) is 4. The van der Waals surface area contributed by atoms with Crippen LogP contribution in [0.2, 0.25) is 0 Å². The maximum atomic E-state index is 13.5. The normalized spacial score (nSPS) is 13.0. The highest BCUT2D eigenvalue weighted by molar-refractivity contribution is 8.00. The number of hydrogen-bond donors (Lipinski definition) is 1. The quantitative estimate of drug-likeness (QED) is 0.621. The van der Waals surface area contributed by atoms with E-state index in [1.165, 1.54) is 18.7 Å². The van der Waals surface area contributed by atoms with Crippen molar-refractivity contribution in [2.75, 3.05) is 5.32 Å². The predicted molar refractivity (Wildman–Crippen MR) is 92.3 cm³/mol. The Morgan fingerprint density at radius 1 is 1.08 bits per heavy atom. The number of ether oxygens (including phenoxy) is 1. The number of carbonyl (C=O) groups excluding carboxylic acids is 2. The predicted octanol–water partition coefficient (Wildman–Crippen LogP) is 4.02. The second-order valence-electron chi connectivity index (χ2n) is 5.27. The van der Waals surface area contributed by atoms with Crippen LogP contribution in [-0.2, 0) is 14.3 Å². The molecule has 2 atom stereocenters. The Hall–Kier alpha value is -2.41. The average molecular weight is 365 g/mol. The van der Waals surface area contributed by atoms with Gasteiger partial charge in [-0.3, -0.25) is 9.59 Å². The first-order chi connectivity index (χ1) is 11.9. The summed E-state index contributed by atoms with van der Waals surface area (Å²) >= 11 is 1.30. The molecule has 0 heterocycles. The zero-order valence-electron chi connectivity index (χ0n) is 13.7. The summed E-state index contributed by atoms with van der Waals surface area (Å²) in [5.41, 5.74) is -0.306. The van der Waals surface area contributed by atoms with E-state index in [0.717, 1.165) is 23.1 Å². The van der Waals surface area contributed by atoms with Crippen LogP contribution in [-0.4, -0.2) is 23.2 Å². The van der Waals surface area contributed by atoms with Crippen molar-refractivity contribution in [2.45, 2.75) is 30.1 Å². The highest BCUT2D eigenvalue weighted by Crippen LogP contribution is 2.24. The van der Waals surface area contributed by atoms with Gasteiger partial charge in [-0.15, -0.1) is 11.8 Å². The van der Waals surface area contributed by atoms with Gasteiger partial charge in [0.25, 0.3) is 5.91 Å². The topological polar surface area (TPSA) is 55.4 Å². The first-order valence-electron chi connectivity index (χ1n) is 7.55. The fourth-order valence-electron chi connectivity index (χ4n) is 1.90. The Bertz CT molecular complexity index is 755. The van der Waals surface area contributed by atoms with Crippen molar-refractivity contribution in [1.82, 2.24) is 0 Å². The van der Waals surface area contributed by atoms with Crippen LogP contribution >= 0.6 is 11.8 Å². The molecule has 0 spiro atoms. The molecule has 25 heavy (non-hydrogen) atoms. The van der Waals surface area contributed by atoms with Gasteiger partial charge in [-0.25, -0.2) is 8.78 Å². The van der Waals surface area contributed by atoms with Crippen molar-refractivity contribution in [3.05, 3.63) is 60.2 Å². The Morgan fingerprint density at radius 2 is 1.76 bits per heavy atom. The second-order valence-corrected chi connectivity index (χ2v) is 6.68. The van der Waals surface area contributed by atoms with Crippen LogP contribution in [0.25, 0.3) is 0 Å².